The zero-order valence-electron chi connectivity index (χ0n) is 14.5. The second kappa shape index (κ2) is 6.56. The molecule has 3 atom stereocenters. The van der Waals surface area contributed by atoms with Crippen LogP contribution in [0.25, 0.3) is 10.9 Å². The molecule has 134 valence electrons. The molecule has 1 aliphatic carbocycles. The zero-order chi connectivity index (χ0) is 17.6. The lowest BCUT2D eigenvalue weighted by Gasteiger charge is -2.46. The van der Waals surface area contributed by atoms with Gasteiger partial charge in [-0.3, -0.25) is 4.79 Å². The SMILES string of the molecule is CC[C@H]1C(O)c2c([nH]c3ccccc23)C2(SCCS2)[C@H]1CC(=O)NC. The number of carbonyl (C=O) groups excluding carboxylic acids is 1. The molecular weight excluding hydrogens is 352 g/mol. The fourth-order valence-corrected chi connectivity index (χ4v) is 8.19. The van der Waals surface area contributed by atoms with Gasteiger partial charge < -0.3 is 15.4 Å². The van der Waals surface area contributed by atoms with Gasteiger partial charge in [-0.25, -0.2) is 0 Å². The van der Waals surface area contributed by atoms with Crippen LogP contribution >= 0.6 is 23.5 Å². The summed E-state index contributed by atoms with van der Waals surface area (Å²) in [6, 6.07) is 8.23. The van der Waals surface area contributed by atoms with E-state index in [2.05, 4.69) is 29.4 Å². The van der Waals surface area contributed by atoms with Crippen molar-refractivity contribution in [2.45, 2.75) is 29.9 Å². The van der Waals surface area contributed by atoms with Gasteiger partial charge in [-0.1, -0.05) is 31.5 Å². The molecule has 25 heavy (non-hydrogen) atoms. The normalized spacial score (nSPS) is 27.6. The first-order chi connectivity index (χ1) is 12.1. The fraction of sp³-hybridized carbons (Fsp3) is 0.526. The van der Waals surface area contributed by atoms with Crippen molar-refractivity contribution in [2.75, 3.05) is 18.6 Å². The smallest absolute Gasteiger partial charge is 0.220 e. The number of hydrogen-bond acceptors (Lipinski definition) is 4. The molecule has 0 bridgehead atoms. The fourth-order valence-electron chi connectivity index (χ4n) is 4.53. The molecule has 1 aliphatic heterocycles. The Labute approximate surface area is 156 Å². The molecule has 0 saturated carbocycles. The third-order valence-electron chi connectivity index (χ3n) is 5.67. The second-order valence-electron chi connectivity index (χ2n) is 6.82. The molecule has 1 spiro atoms. The Kier molecular flexibility index (Phi) is 4.54. The maximum atomic E-state index is 12.3. The highest BCUT2D eigenvalue weighted by atomic mass is 32.2. The molecule has 0 radical (unpaired) electrons. The van der Waals surface area contributed by atoms with E-state index in [-0.39, 0.29) is 21.8 Å². The van der Waals surface area contributed by atoms with Gasteiger partial charge in [0.25, 0.3) is 0 Å². The summed E-state index contributed by atoms with van der Waals surface area (Å²) in [6.45, 7) is 2.13. The Hall–Kier alpha value is -1.11. The first-order valence-corrected chi connectivity index (χ1v) is 10.9. The molecule has 3 N–H and O–H groups in total. The molecule has 1 amide bonds. The molecule has 2 aliphatic rings. The Morgan fingerprint density at radius 3 is 2.76 bits per heavy atom. The van der Waals surface area contributed by atoms with Gasteiger partial charge in [-0.05, 0) is 12.0 Å². The predicted octanol–water partition coefficient (Wildman–Crippen LogP) is 3.63. The molecule has 2 heterocycles. The van der Waals surface area contributed by atoms with E-state index in [1.54, 1.807) is 7.05 Å². The predicted molar refractivity (Wildman–Crippen MR) is 106 cm³/mol. The first-order valence-electron chi connectivity index (χ1n) is 8.90. The number of aliphatic hydroxyl groups excluding tert-OH is 1. The Morgan fingerprint density at radius 2 is 2.08 bits per heavy atom. The van der Waals surface area contributed by atoms with Crippen LogP contribution in [0.4, 0.5) is 0 Å². The van der Waals surface area contributed by atoms with E-state index in [9.17, 15) is 9.90 Å². The number of amides is 1. The number of aliphatic hydroxyl groups is 1. The van der Waals surface area contributed by atoms with Crippen LogP contribution in [0, 0.1) is 11.8 Å². The molecular formula is C19H24N2O2S2. The van der Waals surface area contributed by atoms with Crippen molar-refractivity contribution in [1.29, 1.82) is 0 Å². The minimum atomic E-state index is -0.529. The maximum Gasteiger partial charge on any atom is 0.220 e. The number of H-pyrrole nitrogens is 1. The van der Waals surface area contributed by atoms with E-state index in [1.807, 2.05) is 35.7 Å². The third kappa shape index (κ3) is 2.53. The molecule has 1 aromatic carbocycles. The van der Waals surface area contributed by atoms with E-state index >= 15 is 0 Å². The number of para-hydroxylation sites is 1. The molecule has 1 aromatic heterocycles. The monoisotopic (exact) mass is 376 g/mol. The van der Waals surface area contributed by atoms with Gasteiger partial charge in [0.2, 0.25) is 5.91 Å². The van der Waals surface area contributed by atoms with Crippen molar-refractivity contribution in [3.05, 3.63) is 35.5 Å². The molecule has 4 nitrogen and oxygen atoms in total. The third-order valence-corrected chi connectivity index (χ3v) is 9.33. The van der Waals surface area contributed by atoms with Crippen LogP contribution in [0.1, 0.15) is 37.1 Å². The number of aromatic nitrogens is 1. The summed E-state index contributed by atoms with van der Waals surface area (Å²) in [4.78, 5) is 15.9. The van der Waals surface area contributed by atoms with Crippen LogP contribution in [0.2, 0.25) is 0 Å². The van der Waals surface area contributed by atoms with Crippen molar-refractivity contribution >= 4 is 40.3 Å². The average Bonchev–Trinajstić information content (AvgIpc) is 3.25. The van der Waals surface area contributed by atoms with Crippen LogP contribution in [0.15, 0.2) is 24.3 Å². The van der Waals surface area contributed by atoms with Gasteiger partial charge in [0.15, 0.2) is 0 Å². The van der Waals surface area contributed by atoms with Crippen molar-refractivity contribution in [1.82, 2.24) is 10.3 Å². The summed E-state index contributed by atoms with van der Waals surface area (Å²) in [7, 11) is 1.69. The number of hydrogen-bond donors (Lipinski definition) is 3. The molecule has 1 fully saturated rings. The topological polar surface area (TPSA) is 65.1 Å². The van der Waals surface area contributed by atoms with Gasteiger partial charge >= 0.3 is 0 Å². The minimum Gasteiger partial charge on any atom is -0.388 e. The lowest BCUT2D eigenvalue weighted by Crippen LogP contribution is -2.43. The van der Waals surface area contributed by atoms with Gasteiger partial charge in [0.05, 0.1) is 6.10 Å². The maximum absolute atomic E-state index is 12.3. The highest BCUT2D eigenvalue weighted by Gasteiger charge is 2.56. The highest BCUT2D eigenvalue weighted by molar-refractivity contribution is 8.20. The minimum absolute atomic E-state index is 0.0580. The summed E-state index contributed by atoms with van der Waals surface area (Å²) < 4.78 is -0.166. The van der Waals surface area contributed by atoms with E-state index < -0.39 is 6.10 Å². The first kappa shape index (κ1) is 17.3. The van der Waals surface area contributed by atoms with Gasteiger partial charge in [0, 0.05) is 53.1 Å². The highest BCUT2D eigenvalue weighted by Crippen LogP contribution is 2.65. The Balaban J connectivity index is 1.93. The zero-order valence-corrected chi connectivity index (χ0v) is 16.2. The quantitative estimate of drug-likeness (QED) is 0.765. The van der Waals surface area contributed by atoms with Gasteiger partial charge in [-0.2, -0.15) is 0 Å². The van der Waals surface area contributed by atoms with Crippen LogP contribution in [0.3, 0.4) is 0 Å². The van der Waals surface area contributed by atoms with E-state index in [0.29, 0.717) is 6.42 Å². The van der Waals surface area contributed by atoms with Crippen molar-refractivity contribution in [3.63, 3.8) is 0 Å². The van der Waals surface area contributed by atoms with Crippen molar-refractivity contribution in [3.8, 4) is 0 Å². The number of benzene rings is 1. The number of nitrogens with one attached hydrogen (secondary N) is 2. The number of rotatable bonds is 3. The Morgan fingerprint density at radius 1 is 1.36 bits per heavy atom. The number of carbonyl (C=O) groups is 1. The second-order valence-corrected chi connectivity index (χ2v) is 9.76. The van der Waals surface area contributed by atoms with Crippen LogP contribution in [0.5, 0.6) is 0 Å². The molecule has 1 unspecified atom stereocenters. The van der Waals surface area contributed by atoms with Crippen LogP contribution < -0.4 is 5.32 Å². The molecule has 6 heteroatoms. The number of fused-ring (bicyclic) bond motifs is 4. The van der Waals surface area contributed by atoms with Crippen LogP contribution in [-0.4, -0.2) is 34.6 Å². The van der Waals surface area contributed by atoms with Crippen molar-refractivity contribution < 1.29 is 9.90 Å². The van der Waals surface area contributed by atoms with Gasteiger partial charge in [0.1, 0.15) is 4.08 Å². The number of thioether (sulfide) groups is 2. The summed E-state index contributed by atoms with van der Waals surface area (Å²) in [5, 5.41) is 15.1. The Bertz CT molecular complexity index is 798. The van der Waals surface area contributed by atoms with Crippen molar-refractivity contribution in [2.24, 2.45) is 11.8 Å². The van der Waals surface area contributed by atoms with E-state index in [0.717, 1.165) is 40.1 Å². The summed E-state index contributed by atoms with van der Waals surface area (Å²) in [5.74, 6) is 2.42. The molecule has 4 rings (SSSR count). The van der Waals surface area contributed by atoms with Gasteiger partial charge in [-0.15, -0.1) is 23.5 Å². The van der Waals surface area contributed by atoms with E-state index in [1.165, 1.54) is 0 Å². The standard InChI is InChI=1S/C19H24N2O2S2/c1-3-11-13(10-15(22)20-2)19(24-8-9-25-19)18-16(17(11)23)12-6-4-5-7-14(12)21-18/h4-7,11,13,17,21,23H,3,8-10H2,1-2H3,(H,20,22)/t11-,13+,17?/m1/s1. The molecule has 2 aromatic rings. The van der Waals surface area contributed by atoms with Crippen LogP contribution in [-0.2, 0) is 8.87 Å². The number of aromatic amines is 1. The average molecular weight is 377 g/mol. The summed E-state index contributed by atoms with van der Waals surface area (Å²) in [5.41, 5.74) is 3.26. The largest absolute Gasteiger partial charge is 0.388 e. The summed E-state index contributed by atoms with van der Waals surface area (Å²) >= 11 is 3.89. The lowest BCUT2D eigenvalue weighted by atomic mass is 9.72. The molecule has 1 saturated heterocycles. The lowest BCUT2D eigenvalue weighted by molar-refractivity contribution is -0.122. The summed E-state index contributed by atoms with van der Waals surface area (Å²) in [6.07, 6.45) is 0.796. The van der Waals surface area contributed by atoms with E-state index in [4.69, 9.17) is 0 Å².